The summed E-state index contributed by atoms with van der Waals surface area (Å²) in [5, 5.41) is 9.38. The lowest BCUT2D eigenvalue weighted by molar-refractivity contribution is -0.134. The minimum atomic E-state index is -3.54. The molecule has 1 fully saturated rings. The van der Waals surface area contributed by atoms with Gasteiger partial charge in [0.2, 0.25) is 17.7 Å². The van der Waals surface area contributed by atoms with Crippen molar-refractivity contribution < 1.29 is 32.2 Å². The molecule has 0 radical (unpaired) electrons. The van der Waals surface area contributed by atoms with Gasteiger partial charge in [-0.25, -0.2) is 22.8 Å². The number of likely N-dealkylation sites (tertiary alicyclic amines) is 1. The van der Waals surface area contributed by atoms with E-state index in [0.29, 0.717) is 31.5 Å². The van der Waals surface area contributed by atoms with Crippen LogP contribution in [-0.4, -0.2) is 65.9 Å². The van der Waals surface area contributed by atoms with E-state index in [9.17, 15) is 22.7 Å². The summed E-state index contributed by atoms with van der Waals surface area (Å²) in [6.07, 6.45) is 2.69. The van der Waals surface area contributed by atoms with Crippen molar-refractivity contribution in [1.82, 2.24) is 14.9 Å². The molecule has 1 aromatic heterocycles. The zero-order valence-electron chi connectivity index (χ0n) is 18.1. The summed E-state index contributed by atoms with van der Waals surface area (Å²) in [5.41, 5.74) is 0.465. The average molecular weight is 468 g/mol. The maximum Gasteiger partial charge on any atom is 0.229 e. The molecule has 32 heavy (non-hydrogen) atoms. The van der Waals surface area contributed by atoms with Crippen LogP contribution >= 0.6 is 0 Å². The van der Waals surface area contributed by atoms with E-state index in [1.807, 2.05) is 0 Å². The monoisotopic (exact) mass is 467 g/mol. The standard InChI is InChI=1S/C21H26FN3O6S/c1-13(26)10-19(27)25-8-6-15(7-9-25)30-20-14(2)21(24-12-23-20)31-18-5-4-16(11-17(18)22)32(3,28)29/h4-5,11-13,15,26H,6-10H2,1-3H3. The summed E-state index contributed by atoms with van der Waals surface area (Å²) < 4.78 is 49.0. The van der Waals surface area contributed by atoms with E-state index in [-0.39, 0.29) is 40.8 Å². The minimum Gasteiger partial charge on any atom is -0.474 e. The van der Waals surface area contributed by atoms with Crippen LogP contribution in [0.2, 0.25) is 0 Å². The van der Waals surface area contributed by atoms with Crippen LogP contribution < -0.4 is 9.47 Å². The summed E-state index contributed by atoms with van der Waals surface area (Å²) >= 11 is 0. The number of halogens is 1. The molecular weight excluding hydrogens is 441 g/mol. The second-order valence-corrected chi connectivity index (χ2v) is 9.84. The number of nitrogens with zero attached hydrogens (tertiary/aromatic N) is 3. The third kappa shape index (κ3) is 5.92. The lowest BCUT2D eigenvalue weighted by Crippen LogP contribution is -2.42. The number of carbonyl (C=O) groups excluding carboxylic acids is 1. The highest BCUT2D eigenvalue weighted by Gasteiger charge is 2.26. The van der Waals surface area contributed by atoms with Crippen molar-refractivity contribution in [2.24, 2.45) is 0 Å². The van der Waals surface area contributed by atoms with E-state index < -0.39 is 21.8 Å². The van der Waals surface area contributed by atoms with Crippen LogP contribution in [0.4, 0.5) is 4.39 Å². The van der Waals surface area contributed by atoms with Gasteiger partial charge >= 0.3 is 0 Å². The van der Waals surface area contributed by atoms with Crippen molar-refractivity contribution in [2.75, 3.05) is 19.3 Å². The number of rotatable bonds is 7. The third-order valence-corrected chi connectivity index (χ3v) is 6.18. The van der Waals surface area contributed by atoms with Crippen LogP contribution in [0, 0.1) is 12.7 Å². The number of benzene rings is 1. The van der Waals surface area contributed by atoms with Gasteiger partial charge in [0.15, 0.2) is 21.4 Å². The Hall–Kier alpha value is -2.79. The van der Waals surface area contributed by atoms with E-state index in [4.69, 9.17) is 9.47 Å². The molecule has 174 valence electrons. The Labute approximate surface area is 186 Å². The molecule has 9 nitrogen and oxygen atoms in total. The smallest absolute Gasteiger partial charge is 0.229 e. The molecule has 2 aromatic rings. The van der Waals surface area contributed by atoms with Gasteiger partial charge in [-0.2, -0.15) is 0 Å². The molecule has 1 aliphatic heterocycles. The Kier molecular flexibility index (Phi) is 7.29. The predicted molar refractivity (Wildman–Crippen MR) is 113 cm³/mol. The molecule has 0 spiro atoms. The molecule has 1 amide bonds. The molecule has 2 heterocycles. The number of piperidine rings is 1. The fourth-order valence-corrected chi connectivity index (χ4v) is 3.94. The largest absolute Gasteiger partial charge is 0.474 e. The van der Waals surface area contributed by atoms with Gasteiger partial charge in [0.25, 0.3) is 0 Å². The fourth-order valence-electron chi connectivity index (χ4n) is 3.30. The number of carbonyl (C=O) groups is 1. The molecule has 1 atom stereocenters. The molecule has 1 aromatic carbocycles. The van der Waals surface area contributed by atoms with Crippen LogP contribution in [0.3, 0.4) is 0 Å². The first-order valence-electron chi connectivity index (χ1n) is 10.2. The molecule has 0 saturated carbocycles. The highest BCUT2D eigenvalue weighted by Crippen LogP contribution is 2.31. The number of sulfone groups is 1. The van der Waals surface area contributed by atoms with Crippen LogP contribution in [0.1, 0.15) is 31.7 Å². The summed E-state index contributed by atoms with van der Waals surface area (Å²) in [7, 11) is -3.54. The molecule has 3 rings (SSSR count). The molecule has 0 aliphatic carbocycles. The van der Waals surface area contributed by atoms with Gasteiger partial charge in [0, 0.05) is 32.2 Å². The van der Waals surface area contributed by atoms with Gasteiger partial charge in [-0.15, -0.1) is 0 Å². The third-order valence-electron chi connectivity index (χ3n) is 5.07. The molecule has 1 saturated heterocycles. The Balaban J connectivity index is 1.66. The molecular formula is C21H26FN3O6S. The highest BCUT2D eigenvalue weighted by atomic mass is 32.2. The van der Waals surface area contributed by atoms with E-state index in [2.05, 4.69) is 9.97 Å². The Morgan fingerprint density at radius 1 is 1.28 bits per heavy atom. The normalized spacial score (nSPS) is 16.0. The zero-order valence-corrected chi connectivity index (χ0v) is 18.9. The first kappa shape index (κ1) is 23.9. The highest BCUT2D eigenvalue weighted by molar-refractivity contribution is 7.90. The fraction of sp³-hybridized carbons (Fsp3) is 0.476. The lowest BCUT2D eigenvalue weighted by Gasteiger charge is -2.32. The average Bonchev–Trinajstić information content (AvgIpc) is 2.71. The number of amides is 1. The minimum absolute atomic E-state index is 0.0868. The first-order valence-corrected chi connectivity index (χ1v) is 12.0. The Bertz CT molecular complexity index is 1080. The number of aliphatic hydroxyl groups excluding tert-OH is 1. The van der Waals surface area contributed by atoms with Gasteiger partial charge in [-0.1, -0.05) is 0 Å². The van der Waals surface area contributed by atoms with Crippen molar-refractivity contribution in [3.05, 3.63) is 35.9 Å². The van der Waals surface area contributed by atoms with Gasteiger partial charge in [-0.05, 0) is 32.0 Å². The van der Waals surface area contributed by atoms with E-state index in [1.165, 1.54) is 18.5 Å². The maximum atomic E-state index is 14.3. The molecule has 11 heteroatoms. The van der Waals surface area contributed by atoms with Crippen molar-refractivity contribution in [3.8, 4) is 17.5 Å². The van der Waals surface area contributed by atoms with Gasteiger partial charge in [0.1, 0.15) is 12.4 Å². The molecule has 1 N–H and O–H groups in total. The van der Waals surface area contributed by atoms with Gasteiger partial charge < -0.3 is 19.5 Å². The van der Waals surface area contributed by atoms with Crippen molar-refractivity contribution in [3.63, 3.8) is 0 Å². The van der Waals surface area contributed by atoms with Crippen molar-refractivity contribution in [2.45, 2.75) is 50.2 Å². The maximum absolute atomic E-state index is 14.3. The van der Waals surface area contributed by atoms with Crippen molar-refractivity contribution >= 4 is 15.7 Å². The summed E-state index contributed by atoms with van der Waals surface area (Å²) in [6, 6.07) is 3.38. The summed E-state index contributed by atoms with van der Waals surface area (Å²) in [5.74, 6) is -0.712. The number of hydrogen-bond donors (Lipinski definition) is 1. The van der Waals surface area contributed by atoms with E-state index in [0.717, 1.165) is 12.3 Å². The SMILES string of the molecule is Cc1c(Oc2ccc(S(C)(=O)=O)cc2F)ncnc1OC1CCN(C(=O)CC(C)O)CC1. The number of ether oxygens (including phenoxy) is 2. The lowest BCUT2D eigenvalue weighted by atomic mass is 10.1. The van der Waals surface area contributed by atoms with E-state index >= 15 is 0 Å². The van der Waals surface area contributed by atoms with Gasteiger partial charge in [-0.3, -0.25) is 4.79 Å². The zero-order chi connectivity index (χ0) is 23.5. The van der Waals surface area contributed by atoms with Crippen LogP contribution in [0.5, 0.6) is 17.5 Å². The topological polar surface area (TPSA) is 119 Å². The second-order valence-electron chi connectivity index (χ2n) is 7.83. The van der Waals surface area contributed by atoms with E-state index in [1.54, 1.807) is 18.7 Å². The first-order chi connectivity index (χ1) is 15.0. The quantitative estimate of drug-likeness (QED) is 0.659. The van der Waals surface area contributed by atoms with Gasteiger partial charge in [0.05, 0.1) is 23.0 Å². The molecule has 1 unspecified atom stereocenters. The molecule has 0 bridgehead atoms. The summed E-state index contributed by atoms with van der Waals surface area (Å²) in [6.45, 7) is 4.29. The van der Waals surface area contributed by atoms with Crippen molar-refractivity contribution in [1.29, 1.82) is 0 Å². The number of aliphatic hydroxyl groups is 1. The Morgan fingerprint density at radius 3 is 2.53 bits per heavy atom. The summed E-state index contributed by atoms with van der Waals surface area (Å²) in [4.78, 5) is 21.8. The number of aromatic nitrogens is 2. The van der Waals surface area contributed by atoms with Crippen LogP contribution in [-0.2, 0) is 14.6 Å². The molecule has 1 aliphatic rings. The Morgan fingerprint density at radius 2 is 1.94 bits per heavy atom. The number of hydrogen-bond acceptors (Lipinski definition) is 8. The van der Waals surface area contributed by atoms with Crippen LogP contribution in [0.25, 0.3) is 0 Å². The predicted octanol–water partition coefficient (Wildman–Crippen LogP) is 2.26. The van der Waals surface area contributed by atoms with Crippen LogP contribution in [0.15, 0.2) is 29.4 Å². The second kappa shape index (κ2) is 9.78.